The lowest BCUT2D eigenvalue weighted by Gasteiger charge is -2.06. The molecule has 0 bridgehead atoms. The molecule has 0 aromatic heterocycles. The van der Waals surface area contributed by atoms with Crippen LogP contribution in [0.25, 0.3) is 0 Å². The maximum atomic E-state index is 5.62. The molecule has 0 radical (unpaired) electrons. The summed E-state index contributed by atoms with van der Waals surface area (Å²) in [7, 11) is 0. The van der Waals surface area contributed by atoms with Gasteiger partial charge in [0.25, 0.3) is 0 Å². The Morgan fingerprint density at radius 2 is 1.85 bits per heavy atom. The summed E-state index contributed by atoms with van der Waals surface area (Å²) in [5.74, 6) is 1.66. The van der Waals surface area contributed by atoms with Gasteiger partial charge in [-0.1, -0.05) is 6.92 Å². The van der Waals surface area contributed by atoms with Crippen LogP contribution in [-0.2, 0) is 13.0 Å². The van der Waals surface area contributed by atoms with Crippen molar-refractivity contribution in [1.82, 2.24) is 0 Å². The SMILES string of the molecule is CCc1cc2c(cc1CN)OCO2. The van der Waals surface area contributed by atoms with Gasteiger partial charge in [0.15, 0.2) is 11.5 Å². The first kappa shape index (κ1) is 8.38. The van der Waals surface area contributed by atoms with Crippen molar-refractivity contribution < 1.29 is 9.47 Å². The Morgan fingerprint density at radius 1 is 1.23 bits per heavy atom. The second-order valence-corrected chi connectivity index (χ2v) is 3.03. The zero-order chi connectivity index (χ0) is 9.26. The Labute approximate surface area is 77.5 Å². The van der Waals surface area contributed by atoms with E-state index < -0.39 is 0 Å². The Hall–Kier alpha value is -1.22. The quantitative estimate of drug-likeness (QED) is 0.747. The van der Waals surface area contributed by atoms with E-state index in [2.05, 4.69) is 6.92 Å². The van der Waals surface area contributed by atoms with Gasteiger partial charge < -0.3 is 15.2 Å². The highest BCUT2D eigenvalue weighted by molar-refractivity contribution is 5.48. The lowest BCUT2D eigenvalue weighted by molar-refractivity contribution is 0.174. The maximum Gasteiger partial charge on any atom is 0.231 e. The van der Waals surface area contributed by atoms with Crippen molar-refractivity contribution in [3.63, 3.8) is 0 Å². The Kier molecular flexibility index (Phi) is 2.10. The van der Waals surface area contributed by atoms with Crippen molar-refractivity contribution in [2.24, 2.45) is 5.73 Å². The molecule has 0 aliphatic carbocycles. The molecule has 3 heteroatoms. The molecule has 0 unspecified atom stereocenters. The van der Waals surface area contributed by atoms with Crippen LogP contribution in [0.3, 0.4) is 0 Å². The minimum atomic E-state index is 0.326. The van der Waals surface area contributed by atoms with Gasteiger partial charge in [-0.15, -0.1) is 0 Å². The van der Waals surface area contributed by atoms with Crippen LogP contribution in [0.15, 0.2) is 12.1 Å². The van der Waals surface area contributed by atoms with Crippen LogP contribution in [0.1, 0.15) is 18.1 Å². The summed E-state index contributed by atoms with van der Waals surface area (Å²) in [6.07, 6.45) is 0.975. The molecule has 0 spiro atoms. The number of benzene rings is 1. The molecule has 0 atom stereocenters. The summed E-state index contributed by atoms with van der Waals surface area (Å²) in [4.78, 5) is 0. The van der Waals surface area contributed by atoms with Crippen molar-refractivity contribution in [3.05, 3.63) is 23.3 Å². The number of aryl methyl sites for hydroxylation is 1. The highest BCUT2D eigenvalue weighted by Crippen LogP contribution is 2.34. The summed E-state index contributed by atoms with van der Waals surface area (Å²) in [5, 5.41) is 0. The van der Waals surface area contributed by atoms with Crippen LogP contribution in [0, 0.1) is 0 Å². The monoisotopic (exact) mass is 179 g/mol. The fourth-order valence-electron chi connectivity index (χ4n) is 1.55. The first-order valence-corrected chi connectivity index (χ1v) is 4.46. The highest BCUT2D eigenvalue weighted by Gasteiger charge is 2.15. The van der Waals surface area contributed by atoms with Crippen molar-refractivity contribution in [2.75, 3.05) is 6.79 Å². The number of ether oxygens (including phenoxy) is 2. The van der Waals surface area contributed by atoms with Gasteiger partial charge in [-0.3, -0.25) is 0 Å². The molecule has 70 valence electrons. The van der Waals surface area contributed by atoms with E-state index >= 15 is 0 Å². The molecule has 1 aromatic rings. The van der Waals surface area contributed by atoms with Gasteiger partial charge in [0.05, 0.1) is 0 Å². The van der Waals surface area contributed by atoms with E-state index in [-0.39, 0.29) is 0 Å². The fourth-order valence-corrected chi connectivity index (χ4v) is 1.55. The van der Waals surface area contributed by atoms with Crippen molar-refractivity contribution >= 4 is 0 Å². The number of hydrogen-bond donors (Lipinski definition) is 1. The third-order valence-corrected chi connectivity index (χ3v) is 2.30. The van der Waals surface area contributed by atoms with Crippen LogP contribution in [0.5, 0.6) is 11.5 Å². The molecule has 1 aliphatic rings. The Balaban J connectivity index is 2.47. The molecule has 1 aliphatic heterocycles. The van der Waals surface area contributed by atoms with Crippen molar-refractivity contribution in [3.8, 4) is 11.5 Å². The van der Waals surface area contributed by atoms with Gasteiger partial charge in [0.2, 0.25) is 6.79 Å². The molecule has 13 heavy (non-hydrogen) atoms. The lowest BCUT2D eigenvalue weighted by atomic mass is 10.0. The van der Waals surface area contributed by atoms with Gasteiger partial charge in [-0.05, 0) is 29.7 Å². The van der Waals surface area contributed by atoms with E-state index in [0.29, 0.717) is 13.3 Å². The highest BCUT2D eigenvalue weighted by atomic mass is 16.7. The van der Waals surface area contributed by atoms with Crippen molar-refractivity contribution in [2.45, 2.75) is 19.9 Å². The maximum absolute atomic E-state index is 5.62. The van der Waals surface area contributed by atoms with E-state index in [1.165, 1.54) is 5.56 Å². The normalized spacial score (nSPS) is 13.4. The minimum absolute atomic E-state index is 0.326. The Bertz CT molecular complexity index is 292. The Morgan fingerprint density at radius 3 is 2.38 bits per heavy atom. The third kappa shape index (κ3) is 1.35. The summed E-state index contributed by atoms with van der Waals surface area (Å²) < 4.78 is 10.5. The van der Waals surface area contributed by atoms with Gasteiger partial charge in [0, 0.05) is 6.54 Å². The molecule has 2 N–H and O–H groups in total. The van der Waals surface area contributed by atoms with E-state index in [4.69, 9.17) is 15.2 Å². The molecule has 0 amide bonds. The third-order valence-electron chi connectivity index (χ3n) is 2.30. The van der Waals surface area contributed by atoms with Crippen molar-refractivity contribution in [1.29, 1.82) is 0 Å². The number of fused-ring (bicyclic) bond motifs is 1. The molecule has 1 aromatic carbocycles. The second-order valence-electron chi connectivity index (χ2n) is 3.03. The van der Waals surface area contributed by atoms with Crippen LogP contribution in [-0.4, -0.2) is 6.79 Å². The van der Waals surface area contributed by atoms with Gasteiger partial charge in [0.1, 0.15) is 0 Å². The predicted molar refractivity (Wildman–Crippen MR) is 49.8 cm³/mol. The standard InChI is InChI=1S/C10H13NO2/c1-2-7-3-9-10(13-6-12-9)4-8(7)5-11/h3-4H,2,5-6,11H2,1H3. The van der Waals surface area contributed by atoms with Crippen LogP contribution in [0.2, 0.25) is 0 Å². The number of rotatable bonds is 2. The second kappa shape index (κ2) is 3.26. The van der Waals surface area contributed by atoms with E-state index in [9.17, 15) is 0 Å². The average Bonchev–Trinajstić information content (AvgIpc) is 2.62. The molecule has 2 rings (SSSR count). The van der Waals surface area contributed by atoms with E-state index in [1.807, 2.05) is 12.1 Å². The molecular weight excluding hydrogens is 166 g/mol. The average molecular weight is 179 g/mol. The van der Waals surface area contributed by atoms with Crippen LogP contribution < -0.4 is 15.2 Å². The molecular formula is C10H13NO2. The summed E-state index contributed by atoms with van der Waals surface area (Å²) in [6, 6.07) is 3.99. The minimum Gasteiger partial charge on any atom is -0.454 e. The van der Waals surface area contributed by atoms with Gasteiger partial charge >= 0.3 is 0 Å². The zero-order valence-corrected chi connectivity index (χ0v) is 7.67. The largest absolute Gasteiger partial charge is 0.454 e. The summed E-state index contributed by atoms with van der Waals surface area (Å²) in [5.41, 5.74) is 8.01. The van der Waals surface area contributed by atoms with E-state index in [1.54, 1.807) is 0 Å². The van der Waals surface area contributed by atoms with Crippen LogP contribution >= 0.6 is 0 Å². The summed E-state index contributed by atoms with van der Waals surface area (Å²) in [6.45, 7) is 2.99. The first-order valence-electron chi connectivity index (χ1n) is 4.46. The van der Waals surface area contributed by atoms with Crippen LogP contribution in [0.4, 0.5) is 0 Å². The van der Waals surface area contributed by atoms with Gasteiger partial charge in [-0.25, -0.2) is 0 Å². The molecule has 0 saturated carbocycles. The van der Waals surface area contributed by atoms with E-state index in [0.717, 1.165) is 23.5 Å². The topological polar surface area (TPSA) is 44.5 Å². The predicted octanol–water partition coefficient (Wildman–Crippen LogP) is 1.44. The zero-order valence-electron chi connectivity index (χ0n) is 7.67. The van der Waals surface area contributed by atoms with Gasteiger partial charge in [-0.2, -0.15) is 0 Å². The summed E-state index contributed by atoms with van der Waals surface area (Å²) >= 11 is 0. The molecule has 1 heterocycles. The fraction of sp³-hybridized carbons (Fsp3) is 0.400. The number of nitrogens with two attached hydrogens (primary N) is 1. The molecule has 3 nitrogen and oxygen atoms in total. The lowest BCUT2D eigenvalue weighted by Crippen LogP contribution is -2.00. The first-order chi connectivity index (χ1) is 6.35. The molecule has 0 saturated heterocycles. The smallest absolute Gasteiger partial charge is 0.231 e. The molecule has 0 fully saturated rings. The number of hydrogen-bond acceptors (Lipinski definition) is 3.